The summed E-state index contributed by atoms with van der Waals surface area (Å²) in [5.41, 5.74) is 4.60. The van der Waals surface area contributed by atoms with Crippen molar-refractivity contribution >= 4 is 17.3 Å². The van der Waals surface area contributed by atoms with Gasteiger partial charge < -0.3 is 5.32 Å². The number of hydrogen-bond donors (Lipinski definition) is 2. The Morgan fingerprint density at radius 2 is 2.00 bits per heavy atom. The van der Waals surface area contributed by atoms with Crippen LogP contribution in [0.4, 0.5) is 5.69 Å². The SMILES string of the molecule is N#CC(C#N)=NNc1ccccc1C(=O)NCCC1=CCCCC1. The zero-order chi connectivity index (χ0) is 17.2. The molecule has 0 spiro atoms. The topological polar surface area (TPSA) is 101 Å². The van der Waals surface area contributed by atoms with Crippen molar-refractivity contribution in [3.63, 3.8) is 0 Å². The second-order valence-corrected chi connectivity index (χ2v) is 5.46. The number of anilines is 1. The molecule has 0 unspecified atom stereocenters. The number of rotatable bonds is 6. The summed E-state index contributed by atoms with van der Waals surface area (Å²) in [6.45, 7) is 0.587. The Hall–Kier alpha value is -3.12. The standard InChI is InChI=1S/C18H19N5O/c19-12-15(13-20)22-23-17-9-5-4-8-16(17)18(24)21-11-10-14-6-2-1-3-7-14/h4-6,8-9,23H,1-3,7,10-11H2,(H,21,24). The molecule has 2 rings (SSSR count). The van der Waals surface area contributed by atoms with E-state index in [2.05, 4.69) is 21.9 Å². The van der Waals surface area contributed by atoms with Crippen LogP contribution in [0.5, 0.6) is 0 Å². The molecular formula is C18H19N5O. The molecule has 0 aliphatic heterocycles. The zero-order valence-electron chi connectivity index (χ0n) is 13.4. The van der Waals surface area contributed by atoms with Gasteiger partial charge in [0.05, 0.1) is 11.3 Å². The van der Waals surface area contributed by atoms with Crippen LogP contribution in [-0.4, -0.2) is 18.2 Å². The van der Waals surface area contributed by atoms with Crippen molar-refractivity contribution in [3.8, 4) is 12.1 Å². The van der Waals surface area contributed by atoms with E-state index >= 15 is 0 Å². The maximum atomic E-state index is 12.3. The molecule has 0 atom stereocenters. The second-order valence-electron chi connectivity index (χ2n) is 5.46. The second kappa shape index (κ2) is 9.12. The molecule has 2 N–H and O–H groups in total. The highest BCUT2D eigenvalue weighted by Crippen LogP contribution is 2.20. The fourth-order valence-corrected chi connectivity index (χ4v) is 2.53. The maximum Gasteiger partial charge on any atom is 0.253 e. The number of amides is 1. The molecule has 0 saturated heterocycles. The molecule has 24 heavy (non-hydrogen) atoms. The van der Waals surface area contributed by atoms with Gasteiger partial charge >= 0.3 is 0 Å². The van der Waals surface area contributed by atoms with Gasteiger partial charge in [-0.15, -0.1) is 0 Å². The fourth-order valence-electron chi connectivity index (χ4n) is 2.53. The highest BCUT2D eigenvalue weighted by Gasteiger charge is 2.11. The van der Waals surface area contributed by atoms with E-state index in [4.69, 9.17) is 10.5 Å². The highest BCUT2D eigenvalue weighted by molar-refractivity contribution is 6.10. The first-order valence-electron chi connectivity index (χ1n) is 7.93. The summed E-state index contributed by atoms with van der Waals surface area (Å²) in [6, 6.07) is 10.2. The molecule has 1 amide bonds. The highest BCUT2D eigenvalue weighted by atomic mass is 16.1. The Kier molecular flexibility index (Phi) is 6.55. The molecule has 1 aromatic carbocycles. The van der Waals surface area contributed by atoms with E-state index < -0.39 is 0 Å². The van der Waals surface area contributed by atoms with Crippen molar-refractivity contribution in [2.24, 2.45) is 5.10 Å². The Morgan fingerprint density at radius 3 is 2.71 bits per heavy atom. The first kappa shape index (κ1) is 17.2. The zero-order valence-corrected chi connectivity index (χ0v) is 13.4. The van der Waals surface area contributed by atoms with Gasteiger partial charge in [-0.3, -0.25) is 10.2 Å². The van der Waals surface area contributed by atoms with Crippen LogP contribution >= 0.6 is 0 Å². The van der Waals surface area contributed by atoms with Crippen LogP contribution in [0.3, 0.4) is 0 Å². The Bertz CT molecular complexity index is 721. The van der Waals surface area contributed by atoms with Crippen LogP contribution in [0.1, 0.15) is 42.5 Å². The van der Waals surface area contributed by atoms with Crippen LogP contribution < -0.4 is 10.7 Å². The summed E-state index contributed by atoms with van der Waals surface area (Å²) in [6.07, 6.45) is 7.87. The number of allylic oxidation sites excluding steroid dienone is 1. The monoisotopic (exact) mass is 321 g/mol. The molecule has 1 aliphatic carbocycles. The molecular weight excluding hydrogens is 302 g/mol. The van der Waals surface area contributed by atoms with Gasteiger partial charge in [0.2, 0.25) is 5.71 Å². The summed E-state index contributed by atoms with van der Waals surface area (Å²) in [4.78, 5) is 12.3. The van der Waals surface area contributed by atoms with E-state index in [9.17, 15) is 4.79 Å². The van der Waals surface area contributed by atoms with Gasteiger partial charge in [0.15, 0.2) is 0 Å². The number of nitrogens with one attached hydrogen (secondary N) is 2. The third-order valence-electron chi connectivity index (χ3n) is 3.79. The molecule has 122 valence electrons. The van der Waals surface area contributed by atoms with Crippen molar-refractivity contribution in [2.75, 3.05) is 12.0 Å². The van der Waals surface area contributed by atoms with Gasteiger partial charge in [-0.1, -0.05) is 23.8 Å². The van der Waals surface area contributed by atoms with E-state index in [1.807, 2.05) is 0 Å². The van der Waals surface area contributed by atoms with Crippen LogP contribution in [0.15, 0.2) is 41.0 Å². The lowest BCUT2D eigenvalue weighted by Gasteiger charge is -2.13. The fraction of sp³-hybridized carbons (Fsp3) is 0.333. The van der Waals surface area contributed by atoms with E-state index in [0.717, 1.165) is 19.3 Å². The lowest BCUT2D eigenvalue weighted by Crippen LogP contribution is -2.25. The van der Waals surface area contributed by atoms with Crippen molar-refractivity contribution in [1.82, 2.24) is 5.32 Å². The minimum atomic E-state index is -0.297. The molecule has 0 saturated carbocycles. The lowest BCUT2D eigenvalue weighted by molar-refractivity contribution is 0.0955. The minimum absolute atomic E-state index is 0.208. The largest absolute Gasteiger partial charge is 0.352 e. The number of nitrogens with zero attached hydrogens (tertiary/aromatic N) is 3. The maximum absolute atomic E-state index is 12.3. The average molecular weight is 321 g/mol. The number of nitriles is 2. The molecule has 0 bridgehead atoms. The number of para-hydroxylation sites is 1. The Morgan fingerprint density at radius 1 is 1.21 bits per heavy atom. The van der Waals surface area contributed by atoms with Crippen molar-refractivity contribution in [2.45, 2.75) is 32.1 Å². The Balaban J connectivity index is 1.96. The molecule has 0 fully saturated rings. The van der Waals surface area contributed by atoms with E-state index in [1.165, 1.54) is 18.4 Å². The summed E-state index contributed by atoms with van der Waals surface area (Å²) < 4.78 is 0. The van der Waals surface area contributed by atoms with Crippen LogP contribution in [0, 0.1) is 22.7 Å². The predicted molar refractivity (Wildman–Crippen MR) is 92.2 cm³/mol. The van der Waals surface area contributed by atoms with Crippen molar-refractivity contribution < 1.29 is 4.79 Å². The first-order valence-corrected chi connectivity index (χ1v) is 7.93. The van der Waals surface area contributed by atoms with Crippen LogP contribution in [-0.2, 0) is 0 Å². The number of hydrazone groups is 1. The molecule has 1 aliphatic rings. The lowest BCUT2D eigenvalue weighted by atomic mass is 9.97. The van der Waals surface area contributed by atoms with Crippen LogP contribution in [0.25, 0.3) is 0 Å². The van der Waals surface area contributed by atoms with Gasteiger partial charge in [0.1, 0.15) is 12.1 Å². The average Bonchev–Trinajstić information content (AvgIpc) is 2.63. The minimum Gasteiger partial charge on any atom is -0.352 e. The number of carbonyl (C=O) groups excluding carboxylic acids is 1. The van der Waals surface area contributed by atoms with Crippen molar-refractivity contribution in [1.29, 1.82) is 10.5 Å². The smallest absolute Gasteiger partial charge is 0.253 e. The Labute approximate surface area is 141 Å². The summed E-state index contributed by atoms with van der Waals surface area (Å²) in [5, 5.41) is 24.0. The summed E-state index contributed by atoms with van der Waals surface area (Å²) >= 11 is 0. The molecule has 0 radical (unpaired) electrons. The van der Waals surface area contributed by atoms with Crippen molar-refractivity contribution in [3.05, 3.63) is 41.5 Å². The molecule has 6 nitrogen and oxygen atoms in total. The first-order chi connectivity index (χ1) is 11.7. The van der Waals surface area contributed by atoms with Gasteiger partial charge in [-0.25, -0.2) is 0 Å². The molecule has 0 heterocycles. The summed E-state index contributed by atoms with van der Waals surface area (Å²) in [5.74, 6) is -0.208. The van der Waals surface area contributed by atoms with E-state index in [0.29, 0.717) is 17.8 Å². The van der Waals surface area contributed by atoms with E-state index in [-0.39, 0.29) is 11.6 Å². The number of carbonyl (C=O) groups is 1. The number of hydrogen-bond acceptors (Lipinski definition) is 5. The molecule has 1 aromatic rings. The third-order valence-corrected chi connectivity index (χ3v) is 3.79. The van der Waals surface area contributed by atoms with Gasteiger partial charge in [0, 0.05) is 6.54 Å². The van der Waals surface area contributed by atoms with E-state index in [1.54, 1.807) is 36.4 Å². The quantitative estimate of drug-likeness (QED) is 0.477. The normalized spacial score (nSPS) is 13.0. The third kappa shape index (κ3) is 4.96. The van der Waals surface area contributed by atoms with Crippen LogP contribution in [0.2, 0.25) is 0 Å². The molecule has 6 heteroatoms. The number of benzene rings is 1. The van der Waals surface area contributed by atoms with Gasteiger partial charge in [0.25, 0.3) is 5.91 Å². The van der Waals surface area contributed by atoms with Gasteiger partial charge in [-0.2, -0.15) is 15.6 Å². The molecule has 0 aromatic heterocycles. The van der Waals surface area contributed by atoms with Gasteiger partial charge in [-0.05, 0) is 44.2 Å². The predicted octanol–water partition coefficient (Wildman–Crippen LogP) is 3.12. The summed E-state index contributed by atoms with van der Waals surface area (Å²) in [7, 11) is 0.